The molecule has 0 aliphatic rings. The molecule has 0 saturated carbocycles. The monoisotopic (exact) mass is 371 g/mol. The number of esters is 1. The molecule has 0 aliphatic carbocycles. The third-order valence-electron chi connectivity index (χ3n) is 3.35. The minimum absolute atomic E-state index is 0.156. The fraction of sp³-hybridized carbons (Fsp3) is 0.111. The molecule has 1 heterocycles. The quantitative estimate of drug-likeness (QED) is 0.687. The van der Waals surface area contributed by atoms with Gasteiger partial charge in [-0.15, -0.1) is 0 Å². The second-order valence-electron chi connectivity index (χ2n) is 5.33. The summed E-state index contributed by atoms with van der Waals surface area (Å²) in [4.78, 5) is 27.2. The highest BCUT2D eigenvalue weighted by molar-refractivity contribution is 6.33. The molecular weight excluding hydrogens is 358 g/mol. The number of carbonyl (C=O) groups is 2. The number of rotatable bonds is 5. The minimum Gasteiger partial charge on any atom is -0.452 e. The number of nitrogens with zero attached hydrogens (tertiary/aromatic N) is 2. The Bertz CT molecular complexity index is 938. The average molecular weight is 372 g/mol. The first-order chi connectivity index (χ1) is 12.5. The Morgan fingerprint density at radius 3 is 2.58 bits per heavy atom. The van der Waals surface area contributed by atoms with Crippen LogP contribution in [0.5, 0.6) is 0 Å². The van der Waals surface area contributed by atoms with Crippen molar-refractivity contribution >= 4 is 29.2 Å². The number of aromatic nitrogens is 2. The molecule has 3 rings (SSSR count). The van der Waals surface area contributed by atoms with Crippen molar-refractivity contribution in [1.82, 2.24) is 10.1 Å². The van der Waals surface area contributed by atoms with E-state index < -0.39 is 5.97 Å². The lowest BCUT2D eigenvalue weighted by Gasteiger charge is -2.04. The number of amides is 1. The first-order valence-corrected chi connectivity index (χ1v) is 8.03. The predicted molar refractivity (Wildman–Crippen MR) is 94.6 cm³/mol. The van der Waals surface area contributed by atoms with Crippen LogP contribution in [0, 0.1) is 0 Å². The number of hydrogen-bond donors (Lipinski definition) is 1. The Balaban J connectivity index is 1.61. The molecule has 0 radical (unpaired) electrons. The van der Waals surface area contributed by atoms with Gasteiger partial charge in [-0.05, 0) is 36.4 Å². The number of hydrogen-bond acceptors (Lipinski definition) is 6. The van der Waals surface area contributed by atoms with Crippen molar-refractivity contribution in [3.05, 3.63) is 65.0 Å². The molecule has 1 N–H and O–H groups in total. The fourth-order valence-corrected chi connectivity index (χ4v) is 2.39. The second-order valence-corrected chi connectivity index (χ2v) is 5.73. The van der Waals surface area contributed by atoms with Gasteiger partial charge in [-0.2, -0.15) is 4.98 Å². The second kappa shape index (κ2) is 7.79. The van der Waals surface area contributed by atoms with Crippen molar-refractivity contribution in [2.24, 2.45) is 0 Å². The number of anilines is 1. The first-order valence-electron chi connectivity index (χ1n) is 7.65. The summed E-state index contributed by atoms with van der Waals surface area (Å²) in [7, 11) is 0. The number of carbonyl (C=O) groups excluding carboxylic acids is 2. The molecule has 0 saturated heterocycles. The molecule has 26 heavy (non-hydrogen) atoms. The van der Waals surface area contributed by atoms with E-state index in [2.05, 4.69) is 15.5 Å². The molecule has 0 bridgehead atoms. The molecule has 3 aromatic rings. The maximum Gasteiger partial charge on any atom is 0.338 e. The van der Waals surface area contributed by atoms with Gasteiger partial charge >= 0.3 is 5.97 Å². The van der Waals surface area contributed by atoms with Gasteiger partial charge in [0.1, 0.15) is 0 Å². The summed E-state index contributed by atoms with van der Waals surface area (Å²) in [6.45, 7) is 1.24. The highest BCUT2D eigenvalue weighted by atomic mass is 35.5. The van der Waals surface area contributed by atoms with Crippen LogP contribution in [0.25, 0.3) is 11.4 Å². The van der Waals surface area contributed by atoms with E-state index in [-0.39, 0.29) is 18.4 Å². The van der Waals surface area contributed by atoms with Crippen molar-refractivity contribution < 1.29 is 18.8 Å². The molecule has 1 amide bonds. The zero-order valence-electron chi connectivity index (χ0n) is 13.7. The van der Waals surface area contributed by atoms with E-state index in [0.717, 1.165) is 0 Å². The van der Waals surface area contributed by atoms with Crippen molar-refractivity contribution in [1.29, 1.82) is 0 Å². The van der Waals surface area contributed by atoms with Crippen LogP contribution in [0.1, 0.15) is 23.2 Å². The molecule has 0 aliphatic heterocycles. The van der Waals surface area contributed by atoms with Gasteiger partial charge in [0.25, 0.3) is 5.89 Å². The number of ether oxygens (including phenoxy) is 1. The van der Waals surface area contributed by atoms with Gasteiger partial charge in [0.2, 0.25) is 11.7 Å². The van der Waals surface area contributed by atoms with Crippen molar-refractivity contribution in [3.8, 4) is 11.4 Å². The van der Waals surface area contributed by atoms with Crippen molar-refractivity contribution in [2.75, 3.05) is 5.32 Å². The summed E-state index contributed by atoms with van der Waals surface area (Å²) < 4.78 is 10.2. The summed E-state index contributed by atoms with van der Waals surface area (Å²) in [6, 6.07) is 13.4. The molecule has 0 atom stereocenters. The topological polar surface area (TPSA) is 94.3 Å². The third-order valence-corrected chi connectivity index (χ3v) is 3.68. The lowest BCUT2D eigenvalue weighted by atomic mass is 10.2. The van der Waals surface area contributed by atoms with E-state index in [9.17, 15) is 9.59 Å². The van der Waals surface area contributed by atoms with Crippen molar-refractivity contribution in [3.63, 3.8) is 0 Å². The van der Waals surface area contributed by atoms with Gasteiger partial charge in [-0.1, -0.05) is 28.9 Å². The zero-order valence-corrected chi connectivity index (χ0v) is 14.5. The van der Waals surface area contributed by atoms with Crippen LogP contribution in [0.15, 0.2) is 53.1 Å². The third kappa shape index (κ3) is 4.25. The Kier molecular flexibility index (Phi) is 5.28. The molecule has 8 heteroatoms. The van der Waals surface area contributed by atoms with E-state index in [0.29, 0.717) is 27.7 Å². The summed E-state index contributed by atoms with van der Waals surface area (Å²) in [5.74, 6) is -0.257. The Hall–Kier alpha value is -3.19. The number of nitrogens with one attached hydrogen (secondary N) is 1. The Morgan fingerprint density at radius 1 is 1.15 bits per heavy atom. The molecule has 7 nitrogen and oxygen atoms in total. The minimum atomic E-state index is -0.545. The highest BCUT2D eigenvalue weighted by Gasteiger charge is 2.14. The maximum atomic E-state index is 12.1. The zero-order chi connectivity index (χ0) is 18.5. The van der Waals surface area contributed by atoms with E-state index in [1.54, 1.807) is 42.5 Å². The highest BCUT2D eigenvalue weighted by Crippen LogP contribution is 2.25. The molecule has 1 aromatic heterocycles. The Morgan fingerprint density at radius 2 is 1.88 bits per heavy atom. The van der Waals surface area contributed by atoms with Gasteiger partial charge in [-0.3, -0.25) is 4.79 Å². The van der Waals surface area contributed by atoms with Crippen LogP contribution in [0.4, 0.5) is 5.69 Å². The average Bonchev–Trinajstić information content (AvgIpc) is 3.09. The van der Waals surface area contributed by atoms with Gasteiger partial charge in [0.15, 0.2) is 6.61 Å². The van der Waals surface area contributed by atoms with Crippen LogP contribution in [-0.4, -0.2) is 22.0 Å². The van der Waals surface area contributed by atoms with Gasteiger partial charge < -0.3 is 14.6 Å². The van der Waals surface area contributed by atoms with Gasteiger partial charge in [0, 0.05) is 18.2 Å². The van der Waals surface area contributed by atoms with Crippen LogP contribution in [-0.2, 0) is 16.1 Å². The summed E-state index contributed by atoms with van der Waals surface area (Å²) in [5, 5.41) is 6.95. The van der Waals surface area contributed by atoms with E-state index in [1.807, 2.05) is 6.07 Å². The SMILES string of the molecule is CC(=O)Nc1ccc(C(=O)OCc2nc(-c3ccccc3Cl)no2)cc1. The lowest BCUT2D eigenvalue weighted by molar-refractivity contribution is -0.114. The smallest absolute Gasteiger partial charge is 0.338 e. The molecule has 2 aromatic carbocycles. The Labute approximate surface area is 153 Å². The largest absolute Gasteiger partial charge is 0.452 e. The van der Waals surface area contributed by atoms with E-state index >= 15 is 0 Å². The maximum absolute atomic E-state index is 12.1. The molecule has 132 valence electrons. The van der Waals surface area contributed by atoms with E-state index in [4.69, 9.17) is 20.9 Å². The summed E-state index contributed by atoms with van der Waals surface area (Å²) in [6.07, 6.45) is 0. The summed E-state index contributed by atoms with van der Waals surface area (Å²) >= 11 is 6.09. The summed E-state index contributed by atoms with van der Waals surface area (Å²) in [5.41, 5.74) is 1.56. The first kappa shape index (κ1) is 17.6. The lowest BCUT2D eigenvalue weighted by Crippen LogP contribution is -2.08. The van der Waals surface area contributed by atoms with Crippen LogP contribution >= 0.6 is 11.6 Å². The molecule has 0 fully saturated rings. The van der Waals surface area contributed by atoms with Crippen LogP contribution in [0.3, 0.4) is 0 Å². The predicted octanol–water partition coefficient (Wildman–Crippen LogP) is 3.71. The number of halogens is 1. The number of benzene rings is 2. The fourth-order valence-electron chi connectivity index (χ4n) is 2.17. The van der Waals surface area contributed by atoms with Gasteiger partial charge in [0.05, 0.1) is 10.6 Å². The van der Waals surface area contributed by atoms with Crippen LogP contribution in [0.2, 0.25) is 5.02 Å². The standard InChI is InChI=1S/C18H14ClN3O4/c1-11(23)20-13-8-6-12(7-9-13)18(24)25-10-16-21-17(22-26-16)14-4-2-3-5-15(14)19/h2-9H,10H2,1H3,(H,20,23). The van der Waals surface area contributed by atoms with Crippen molar-refractivity contribution in [2.45, 2.75) is 13.5 Å². The van der Waals surface area contributed by atoms with E-state index in [1.165, 1.54) is 6.92 Å². The molecule has 0 unspecified atom stereocenters. The van der Waals surface area contributed by atoms with Crippen LogP contribution < -0.4 is 5.32 Å². The molecular formula is C18H14ClN3O4. The normalized spacial score (nSPS) is 10.4. The molecule has 0 spiro atoms. The van der Waals surface area contributed by atoms with Gasteiger partial charge in [-0.25, -0.2) is 4.79 Å².